The molecular weight excluding hydrogens is 254 g/mol. The Bertz CT molecular complexity index is 373. The van der Waals surface area contributed by atoms with Crippen molar-refractivity contribution in [1.29, 1.82) is 0 Å². The average molecular weight is 273 g/mol. The lowest BCUT2D eigenvalue weighted by Crippen LogP contribution is -2.53. The predicted molar refractivity (Wildman–Crippen MR) is 65.1 cm³/mol. The molecule has 8 heteroatoms. The van der Waals surface area contributed by atoms with Gasteiger partial charge in [-0.2, -0.15) is 0 Å². The summed E-state index contributed by atoms with van der Waals surface area (Å²) in [7, 11) is 0. The third kappa shape index (κ3) is 4.40. The number of hydrogen-bond donors (Lipinski definition) is 4. The van der Waals surface area contributed by atoms with Crippen molar-refractivity contribution >= 4 is 17.9 Å². The number of rotatable bonds is 4. The van der Waals surface area contributed by atoms with Crippen LogP contribution < -0.4 is 11.1 Å². The Morgan fingerprint density at radius 3 is 2.58 bits per heavy atom. The van der Waals surface area contributed by atoms with Crippen LogP contribution in [-0.2, 0) is 9.59 Å². The van der Waals surface area contributed by atoms with Gasteiger partial charge < -0.3 is 26.2 Å². The fraction of sp³-hybridized carbons (Fsp3) is 0.727. The molecule has 3 atom stereocenters. The number of urea groups is 1. The second-order valence-corrected chi connectivity index (χ2v) is 4.79. The monoisotopic (exact) mass is 273 g/mol. The number of aliphatic hydroxyl groups excluding tert-OH is 1. The molecule has 0 spiro atoms. The van der Waals surface area contributed by atoms with Crippen LogP contribution in [0.5, 0.6) is 0 Å². The van der Waals surface area contributed by atoms with E-state index in [0.29, 0.717) is 13.0 Å². The van der Waals surface area contributed by atoms with Crippen LogP contribution in [0, 0.1) is 5.92 Å². The highest BCUT2D eigenvalue weighted by atomic mass is 16.4. The minimum absolute atomic E-state index is 0.102. The van der Waals surface area contributed by atoms with Crippen molar-refractivity contribution in [3.8, 4) is 0 Å². The normalized spacial score (nSPS) is 24.6. The van der Waals surface area contributed by atoms with Gasteiger partial charge in [-0.25, -0.2) is 9.59 Å². The topological polar surface area (TPSA) is 133 Å². The van der Waals surface area contributed by atoms with Gasteiger partial charge in [-0.15, -0.1) is 0 Å². The van der Waals surface area contributed by atoms with Crippen LogP contribution in [0.4, 0.5) is 4.79 Å². The zero-order valence-corrected chi connectivity index (χ0v) is 10.7. The van der Waals surface area contributed by atoms with Gasteiger partial charge in [0.15, 0.2) is 0 Å². The lowest BCUT2D eigenvalue weighted by atomic mass is 9.96. The Balaban J connectivity index is 2.57. The maximum Gasteiger partial charge on any atom is 0.326 e. The van der Waals surface area contributed by atoms with Gasteiger partial charge in [0.2, 0.25) is 5.91 Å². The SMILES string of the molecule is CC1CCN(C(=O)N[C@H](CC(N)=O)C(=O)O)CC1O. The van der Waals surface area contributed by atoms with Gasteiger partial charge in [0.05, 0.1) is 12.5 Å². The van der Waals surface area contributed by atoms with Gasteiger partial charge in [0, 0.05) is 13.1 Å². The van der Waals surface area contributed by atoms with E-state index in [1.807, 2.05) is 6.92 Å². The summed E-state index contributed by atoms with van der Waals surface area (Å²) >= 11 is 0. The van der Waals surface area contributed by atoms with E-state index in [-0.39, 0.29) is 12.5 Å². The molecule has 0 bridgehead atoms. The summed E-state index contributed by atoms with van der Waals surface area (Å²) < 4.78 is 0. The van der Waals surface area contributed by atoms with E-state index >= 15 is 0 Å². The number of primary amides is 1. The third-order valence-electron chi connectivity index (χ3n) is 3.21. The van der Waals surface area contributed by atoms with E-state index in [0.717, 1.165) is 0 Å². The molecule has 0 saturated carbocycles. The van der Waals surface area contributed by atoms with Crippen molar-refractivity contribution in [2.75, 3.05) is 13.1 Å². The summed E-state index contributed by atoms with van der Waals surface area (Å²) in [6.45, 7) is 2.47. The smallest absolute Gasteiger partial charge is 0.326 e. The summed E-state index contributed by atoms with van der Waals surface area (Å²) in [5.41, 5.74) is 4.92. The van der Waals surface area contributed by atoms with Crippen molar-refractivity contribution in [1.82, 2.24) is 10.2 Å². The van der Waals surface area contributed by atoms with Crippen LogP contribution in [0.2, 0.25) is 0 Å². The summed E-state index contributed by atoms with van der Waals surface area (Å²) in [6.07, 6.45) is -0.449. The number of amides is 3. The molecule has 3 amide bonds. The number of carboxylic acids is 1. The minimum atomic E-state index is -1.35. The molecule has 5 N–H and O–H groups in total. The van der Waals surface area contributed by atoms with Gasteiger partial charge in [-0.1, -0.05) is 6.92 Å². The van der Waals surface area contributed by atoms with E-state index in [4.69, 9.17) is 10.8 Å². The first-order chi connectivity index (χ1) is 8.81. The first-order valence-electron chi connectivity index (χ1n) is 6.06. The third-order valence-corrected chi connectivity index (χ3v) is 3.21. The van der Waals surface area contributed by atoms with Crippen LogP contribution in [0.15, 0.2) is 0 Å². The molecule has 1 aliphatic heterocycles. The molecule has 1 heterocycles. The maximum atomic E-state index is 11.8. The zero-order valence-electron chi connectivity index (χ0n) is 10.7. The van der Waals surface area contributed by atoms with E-state index in [1.165, 1.54) is 4.90 Å². The molecule has 108 valence electrons. The molecular formula is C11H19N3O5. The van der Waals surface area contributed by atoms with Crippen LogP contribution in [-0.4, -0.2) is 58.3 Å². The number of nitrogens with one attached hydrogen (secondary N) is 1. The minimum Gasteiger partial charge on any atom is -0.480 e. The van der Waals surface area contributed by atoms with Crippen LogP contribution in [0.25, 0.3) is 0 Å². The number of carbonyl (C=O) groups excluding carboxylic acids is 2. The van der Waals surface area contributed by atoms with Crippen molar-refractivity contribution in [3.05, 3.63) is 0 Å². The molecule has 0 aromatic carbocycles. The highest BCUT2D eigenvalue weighted by Gasteiger charge is 2.30. The number of nitrogens with two attached hydrogens (primary N) is 1. The van der Waals surface area contributed by atoms with Crippen molar-refractivity contribution in [2.45, 2.75) is 31.9 Å². The fourth-order valence-corrected chi connectivity index (χ4v) is 1.87. The summed E-state index contributed by atoms with van der Waals surface area (Å²) in [5.74, 6) is -2.02. The zero-order chi connectivity index (χ0) is 14.6. The van der Waals surface area contributed by atoms with Gasteiger partial charge >= 0.3 is 12.0 Å². The van der Waals surface area contributed by atoms with Crippen LogP contribution in [0.1, 0.15) is 19.8 Å². The molecule has 0 aliphatic carbocycles. The Morgan fingerprint density at radius 2 is 2.11 bits per heavy atom. The van der Waals surface area contributed by atoms with Crippen LogP contribution in [0.3, 0.4) is 0 Å². The first kappa shape index (κ1) is 15.2. The molecule has 8 nitrogen and oxygen atoms in total. The number of carbonyl (C=O) groups is 3. The second-order valence-electron chi connectivity index (χ2n) is 4.79. The van der Waals surface area contributed by atoms with Gasteiger partial charge in [-0.05, 0) is 12.3 Å². The largest absolute Gasteiger partial charge is 0.480 e. The van der Waals surface area contributed by atoms with E-state index in [1.54, 1.807) is 0 Å². The Hall–Kier alpha value is -1.83. The Labute approximate surface area is 110 Å². The molecule has 1 rings (SSSR count). The molecule has 0 aromatic rings. The Morgan fingerprint density at radius 1 is 1.47 bits per heavy atom. The molecule has 2 unspecified atom stereocenters. The summed E-state index contributed by atoms with van der Waals surface area (Å²) in [6, 6.07) is -1.96. The Kier molecular flexibility index (Phi) is 5.11. The summed E-state index contributed by atoms with van der Waals surface area (Å²) in [4.78, 5) is 34.8. The molecule has 1 fully saturated rings. The average Bonchev–Trinajstić information content (AvgIpc) is 2.31. The van der Waals surface area contributed by atoms with E-state index < -0.39 is 36.5 Å². The number of aliphatic carboxylic acids is 1. The van der Waals surface area contributed by atoms with E-state index in [9.17, 15) is 19.5 Å². The maximum absolute atomic E-state index is 11.8. The molecule has 1 aliphatic rings. The quantitative estimate of drug-likeness (QED) is 0.506. The highest BCUT2D eigenvalue weighted by molar-refractivity contribution is 5.87. The fourth-order valence-electron chi connectivity index (χ4n) is 1.87. The number of hydrogen-bond acceptors (Lipinski definition) is 4. The summed E-state index contributed by atoms with van der Waals surface area (Å²) in [5, 5.41) is 20.8. The predicted octanol–water partition coefficient (Wildman–Crippen LogP) is -1.27. The van der Waals surface area contributed by atoms with Crippen molar-refractivity contribution in [3.63, 3.8) is 0 Å². The van der Waals surface area contributed by atoms with Gasteiger partial charge in [0.1, 0.15) is 6.04 Å². The second kappa shape index (κ2) is 6.37. The number of aliphatic hydroxyl groups is 1. The van der Waals surface area contributed by atoms with Crippen molar-refractivity contribution in [2.24, 2.45) is 11.7 Å². The van der Waals surface area contributed by atoms with Gasteiger partial charge in [-0.3, -0.25) is 4.79 Å². The number of β-amino-alcohol motifs (C(OH)–C–C–N with tert-alkyl or cyclic N) is 1. The number of likely N-dealkylation sites (tertiary alicyclic amines) is 1. The van der Waals surface area contributed by atoms with E-state index in [2.05, 4.69) is 5.32 Å². The molecule has 0 aromatic heterocycles. The van der Waals surface area contributed by atoms with Gasteiger partial charge in [0.25, 0.3) is 0 Å². The number of nitrogens with zero attached hydrogens (tertiary/aromatic N) is 1. The van der Waals surface area contributed by atoms with Crippen molar-refractivity contribution < 1.29 is 24.6 Å². The molecule has 0 radical (unpaired) electrons. The standard InChI is InChI=1S/C11H19N3O5/c1-6-2-3-14(5-8(6)15)11(19)13-7(10(17)18)4-9(12)16/h6-8,15H,2-5H2,1H3,(H2,12,16)(H,13,19)(H,17,18)/t6?,7-,8?/m1/s1. The molecule has 1 saturated heterocycles. The number of piperidine rings is 1. The first-order valence-corrected chi connectivity index (χ1v) is 6.06. The highest BCUT2D eigenvalue weighted by Crippen LogP contribution is 2.16. The number of carboxylic acid groups (broad SMARTS) is 1. The lowest BCUT2D eigenvalue weighted by molar-refractivity contribution is -0.141. The molecule has 19 heavy (non-hydrogen) atoms. The van der Waals surface area contributed by atoms with Crippen LogP contribution >= 0.6 is 0 Å². The lowest BCUT2D eigenvalue weighted by Gasteiger charge is -2.34.